The molecule has 0 amide bonds. The number of nitrogens with zero attached hydrogens (tertiary/aromatic N) is 4. The Labute approximate surface area is 198 Å². The zero-order chi connectivity index (χ0) is 23.4. The van der Waals surface area contributed by atoms with Gasteiger partial charge in [0.05, 0.1) is 17.8 Å². The van der Waals surface area contributed by atoms with E-state index in [4.69, 9.17) is 16.3 Å². The molecule has 2 aliphatic rings. The van der Waals surface area contributed by atoms with E-state index in [1.807, 2.05) is 43.5 Å². The number of rotatable bonds is 4. The van der Waals surface area contributed by atoms with Crippen LogP contribution in [0.25, 0.3) is 5.69 Å². The lowest BCUT2D eigenvalue weighted by Gasteiger charge is -2.30. The highest BCUT2D eigenvalue weighted by Gasteiger charge is 2.42. The first-order chi connectivity index (χ1) is 15.7. The molecular formula is C25H28ClFN4O2. The molecular weight excluding hydrogens is 443 g/mol. The summed E-state index contributed by atoms with van der Waals surface area (Å²) in [6, 6.07) is 7.10. The maximum atomic E-state index is 14.8. The van der Waals surface area contributed by atoms with Crippen LogP contribution in [0.3, 0.4) is 0 Å². The number of likely N-dealkylation sites (tertiary alicyclic amines) is 1. The number of aryl methyl sites for hydroxylation is 2. The summed E-state index contributed by atoms with van der Waals surface area (Å²) in [5.41, 5.74) is 4.54. The van der Waals surface area contributed by atoms with Gasteiger partial charge in [-0.25, -0.2) is 4.39 Å². The SMILES string of the molecule is Cc1c(O[C@@H]2c3cc(Cl)cc(F)c3C[C@@H]2N2CC[C@@H](O)C2)ccc(-n2c(C)nnc2C)c1C. The summed E-state index contributed by atoms with van der Waals surface area (Å²) < 4.78 is 23.5. The number of halogens is 2. The van der Waals surface area contributed by atoms with Crippen LogP contribution < -0.4 is 4.74 Å². The van der Waals surface area contributed by atoms with Gasteiger partial charge in [0.15, 0.2) is 0 Å². The molecule has 3 atom stereocenters. The van der Waals surface area contributed by atoms with Crippen molar-refractivity contribution in [3.63, 3.8) is 0 Å². The van der Waals surface area contributed by atoms with E-state index in [-0.39, 0.29) is 24.1 Å². The standard InChI is InChI=1S/C25H28ClFN4O2/c1-13-14(2)24(6-5-22(13)31-15(3)28-29-16(31)4)33-25-20-9-17(26)10-21(27)19(20)11-23(25)30-8-7-18(32)12-30/h5-6,9-10,18,23,25,32H,7-8,11-12H2,1-4H3/t18-,23+,25-/m1/s1. The molecule has 0 spiro atoms. The smallest absolute Gasteiger partial charge is 0.140 e. The Morgan fingerprint density at radius 1 is 1.09 bits per heavy atom. The van der Waals surface area contributed by atoms with E-state index < -0.39 is 0 Å². The Morgan fingerprint density at radius 2 is 1.82 bits per heavy atom. The van der Waals surface area contributed by atoms with Gasteiger partial charge in [0.1, 0.15) is 29.3 Å². The Balaban J connectivity index is 1.53. The van der Waals surface area contributed by atoms with Crippen molar-refractivity contribution in [1.82, 2.24) is 19.7 Å². The molecule has 8 heteroatoms. The van der Waals surface area contributed by atoms with Crippen LogP contribution >= 0.6 is 11.6 Å². The molecule has 2 aromatic carbocycles. The van der Waals surface area contributed by atoms with Crippen molar-refractivity contribution in [2.75, 3.05) is 13.1 Å². The minimum atomic E-state index is -0.374. The molecule has 1 aromatic heterocycles. The van der Waals surface area contributed by atoms with Crippen molar-refractivity contribution in [3.8, 4) is 11.4 Å². The van der Waals surface area contributed by atoms with Crippen molar-refractivity contribution < 1.29 is 14.2 Å². The number of fused-ring (bicyclic) bond motifs is 1. The topological polar surface area (TPSA) is 63.4 Å². The molecule has 0 radical (unpaired) electrons. The molecule has 3 aromatic rings. The highest BCUT2D eigenvalue weighted by Crippen LogP contribution is 2.42. The minimum Gasteiger partial charge on any atom is -0.484 e. The van der Waals surface area contributed by atoms with Crippen LogP contribution in [0, 0.1) is 33.5 Å². The van der Waals surface area contributed by atoms with Gasteiger partial charge in [-0.3, -0.25) is 9.47 Å². The first-order valence-corrected chi connectivity index (χ1v) is 11.7. The number of β-amino-alcohol motifs (C(OH)–C–C–N with tert-alkyl or cyclic N) is 1. The number of hydrogen-bond acceptors (Lipinski definition) is 5. The Hall–Kier alpha value is -2.48. The predicted molar refractivity (Wildman–Crippen MR) is 125 cm³/mol. The zero-order valence-electron chi connectivity index (χ0n) is 19.3. The zero-order valence-corrected chi connectivity index (χ0v) is 20.0. The van der Waals surface area contributed by atoms with Crippen LogP contribution in [0.1, 0.15) is 46.4 Å². The molecule has 1 aliphatic heterocycles. The summed E-state index contributed by atoms with van der Waals surface area (Å²) in [4.78, 5) is 2.21. The average Bonchev–Trinajstić information content (AvgIpc) is 3.44. The first-order valence-electron chi connectivity index (χ1n) is 11.3. The highest BCUT2D eigenvalue weighted by molar-refractivity contribution is 6.30. The number of aliphatic hydroxyl groups excluding tert-OH is 1. The summed E-state index contributed by atoms with van der Waals surface area (Å²) >= 11 is 6.23. The van der Waals surface area contributed by atoms with Gasteiger partial charge in [0, 0.05) is 23.7 Å². The van der Waals surface area contributed by atoms with Crippen LogP contribution in [0.4, 0.5) is 4.39 Å². The van der Waals surface area contributed by atoms with E-state index in [9.17, 15) is 9.50 Å². The average molecular weight is 471 g/mol. The van der Waals surface area contributed by atoms with Crippen LogP contribution in [0.5, 0.6) is 5.75 Å². The fourth-order valence-corrected chi connectivity index (χ4v) is 5.47. The van der Waals surface area contributed by atoms with Crippen LogP contribution in [0.15, 0.2) is 24.3 Å². The largest absolute Gasteiger partial charge is 0.484 e. The van der Waals surface area contributed by atoms with Crippen molar-refractivity contribution in [1.29, 1.82) is 0 Å². The van der Waals surface area contributed by atoms with E-state index in [0.29, 0.717) is 30.0 Å². The quantitative estimate of drug-likeness (QED) is 0.612. The van der Waals surface area contributed by atoms with Gasteiger partial charge in [-0.05, 0) is 81.5 Å². The number of ether oxygens (including phenoxy) is 1. The van der Waals surface area contributed by atoms with Crippen molar-refractivity contribution in [2.24, 2.45) is 0 Å². The van der Waals surface area contributed by atoms with Gasteiger partial charge in [-0.2, -0.15) is 0 Å². The normalized spacial score (nSPS) is 22.7. The van der Waals surface area contributed by atoms with Gasteiger partial charge in [0.25, 0.3) is 0 Å². The molecule has 33 heavy (non-hydrogen) atoms. The molecule has 0 unspecified atom stereocenters. The third kappa shape index (κ3) is 3.82. The molecule has 6 nitrogen and oxygen atoms in total. The summed E-state index contributed by atoms with van der Waals surface area (Å²) in [6.45, 7) is 9.29. The Kier molecular flexibility index (Phi) is 5.67. The van der Waals surface area contributed by atoms with Crippen LogP contribution in [-0.2, 0) is 6.42 Å². The lowest BCUT2D eigenvalue weighted by atomic mass is 10.0. The second-order valence-corrected chi connectivity index (χ2v) is 9.60. The Bertz CT molecular complexity index is 1210. The molecule has 0 saturated carbocycles. The molecule has 1 N–H and O–H groups in total. The molecule has 1 saturated heterocycles. The Morgan fingerprint density at radius 3 is 2.48 bits per heavy atom. The molecule has 0 bridgehead atoms. The van der Waals surface area contributed by atoms with Crippen molar-refractivity contribution >= 4 is 11.6 Å². The van der Waals surface area contributed by atoms with Crippen molar-refractivity contribution in [2.45, 2.75) is 58.8 Å². The van der Waals surface area contributed by atoms with E-state index in [2.05, 4.69) is 22.0 Å². The van der Waals surface area contributed by atoms with Crippen LogP contribution in [0.2, 0.25) is 5.02 Å². The number of aliphatic hydroxyl groups is 1. The number of aromatic nitrogens is 3. The maximum absolute atomic E-state index is 14.8. The lowest BCUT2D eigenvalue weighted by molar-refractivity contribution is 0.0813. The minimum absolute atomic E-state index is 0.0631. The van der Waals surface area contributed by atoms with E-state index in [1.54, 1.807) is 0 Å². The summed E-state index contributed by atoms with van der Waals surface area (Å²) in [5, 5.41) is 18.8. The maximum Gasteiger partial charge on any atom is 0.140 e. The fraction of sp³-hybridized carbons (Fsp3) is 0.440. The molecule has 174 valence electrons. The third-order valence-electron chi connectivity index (χ3n) is 7.12. The third-order valence-corrected chi connectivity index (χ3v) is 7.34. The van der Waals surface area contributed by atoms with E-state index in [0.717, 1.165) is 46.3 Å². The second kappa shape index (κ2) is 8.38. The fourth-order valence-electron chi connectivity index (χ4n) is 5.25. The predicted octanol–water partition coefficient (Wildman–Crippen LogP) is 4.40. The van der Waals surface area contributed by atoms with E-state index >= 15 is 0 Å². The molecule has 1 aliphatic carbocycles. The van der Waals surface area contributed by atoms with E-state index in [1.165, 1.54) is 6.07 Å². The van der Waals surface area contributed by atoms with Gasteiger partial charge in [-0.1, -0.05) is 11.6 Å². The number of hydrogen-bond donors (Lipinski definition) is 1. The summed E-state index contributed by atoms with van der Waals surface area (Å²) in [7, 11) is 0. The van der Waals surface area contributed by atoms with Gasteiger partial charge in [0.2, 0.25) is 0 Å². The van der Waals surface area contributed by atoms with Gasteiger partial charge in [-0.15, -0.1) is 10.2 Å². The summed E-state index contributed by atoms with van der Waals surface area (Å²) in [6.07, 6.45) is 0.514. The second-order valence-electron chi connectivity index (χ2n) is 9.17. The van der Waals surface area contributed by atoms with Crippen LogP contribution in [-0.4, -0.2) is 50.0 Å². The molecule has 5 rings (SSSR count). The van der Waals surface area contributed by atoms with Gasteiger partial charge < -0.3 is 9.84 Å². The highest BCUT2D eigenvalue weighted by atomic mass is 35.5. The van der Waals surface area contributed by atoms with Crippen molar-refractivity contribution in [3.05, 3.63) is 69.0 Å². The molecule has 2 heterocycles. The number of benzene rings is 2. The first kappa shape index (κ1) is 22.3. The molecule has 1 fully saturated rings. The summed E-state index contributed by atoms with van der Waals surface area (Å²) in [5.74, 6) is 2.11. The van der Waals surface area contributed by atoms with Gasteiger partial charge >= 0.3 is 0 Å². The monoisotopic (exact) mass is 470 g/mol. The lowest BCUT2D eigenvalue weighted by Crippen LogP contribution is -2.39.